The van der Waals surface area contributed by atoms with Gasteiger partial charge in [-0.1, -0.05) is 13.0 Å². The van der Waals surface area contributed by atoms with Crippen molar-refractivity contribution in [3.63, 3.8) is 0 Å². The van der Waals surface area contributed by atoms with Crippen LogP contribution in [0.25, 0.3) is 0 Å². The van der Waals surface area contributed by atoms with Crippen molar-refractivity contribution in [1.29, 1.82) is 0 Å². The van der Waals surface area contributed by atoms with E-state index in [9.17, 15) is 8.42 Å². The maximum Gasteiger partial charge on any atom is 0.296 e. The molecule has 3 N–H and O–H groups in total. The zero-order chi connectivity index (χ0) is 10.9. The van der Waals surface area contributed by atoms with Crippen molar-refractivity contribution in [2.45, 2.75) is 25.2 Å². The van der Waals surface area contributed by atoms with Crippen LogP contribution in [0.4, 0.5) is 5.69 Å². The van der Waals surface area contributed by atoms with Crippen molar-refractivity contribution in [3.8, 4) is 0 Å². The third-order valence-corrected chi connectivity index (χ3v) is 3.09. The SMILES string of the molecule is CCc1c(C)ccc(S(=O)(=O)O)c1N. The average molecular weight is 215 g/mol. The Labute approximate surface area is 83.5 Å². The van der Waals surface area contributed by atoms with E-state index in [1.807, 2.05) is 13.8 Å². The van der Waals surface area contributed by atoms with Crippen molar-refractivity contribution in [3.05, 3.63) is 23.3 Å². The van der Waals surface area contributed by atoms with Gasteiger partial charge in [0.25, 0.3) is 10.1 Å². The summed E-state index contributed by atoms with van der Waals surface area (Å²) in [5.41, 5.74) is 7.48. The van der Waals surface area contributed by atoms with Gasteiger partial charge in [-0.2, -0.15) is 8.42 Å². The molecule has 1 rings (SSSR count). The third-order valence-electron chi connectivity index (χ3n) is 2.18. The number of aryl methyl sites for hydroxylation is 1. The smallest absolute Gasteiger partial charge is 0.296 e. The average Bonchev–Trinajstić information content (AvgIpc) is 2.02. The second kappa shape index (κ2) is 3.59. The lowest BCUT2D eigenvalue weighted by atomic mass is 10.0. The molecular weight excluding hydrogens is 202 g/mol. The Morgan fingerprint density at radius 3 is 2.43 bits per heavy atom. The van der Waals surface area contributed by atoms with Crippen LogP contribution >= 0.6 is 0 Å². The summed E-state index contributed by atoms with van der Waals surface area (Å²) in [6, 6.07) is 2.96. The molecule has 1 aromatic rings. The third kappa shape index (κ3) is 1.88. The molecular formula is C9H13NO3S. The molecule has 0 aliphatic rings. The minimum absolute atomic E-state index is 0.148. The van der Waals surface area contributed by atoms with Crippen molar-refractivity contribution in [1.82, 2.24) is 0 Å². The highest BCUT2D eigenvalue weighted by Gasteiger charge is 2.16. The van der Waals surface area contributed by atoms with Crippen molar-refractivity contribution in [2.75, 3.05) is 5.73 Å². The van der Waals surface area contributed by atoms with E-state index in [1.54, 1.807) is 6.07 Å². The number of nitrogen functional groups attached to an aromatic ring is 1. The standard InChI is InChI=1S/C9H13NO3S/c1-3-7-6(2)4-5-8(9(7)10)14(11,12)13/h4-5H,3,10H2,1-2H3,(H,11,12,13). The fraction of sp³-hybridized carbons (Fsp3) is 0.333. The lowest BCUT2D eigenvalue weighted by molar-refractivity contribution is 0.483. The summed E-state index contributed by atoms with van der Waals surface area (Å²) >= 11 is 0. The molecule has 1 aromatic carbocycles. The molecule has 0 amide bonds. The van der Waals surface area contributed by atoms with E-state index in [4.69, 9.17) is 10.3 Å². The first-order chi connectivity index (χ1) is 6.38. The highest BCUT2D eigenvalue weighted by Crippen LogP contribution is 2.25. The number of hydrogen-bond donors (Lipinski definition) is 2. The first kappa shape index (κ1) is 11.0. The quantitative estimate of drug-likeness (QED) is 0.577. The summed E-state index contributed by atoms with van der Waals surface area (Å²) in [7, 11) is -4.21. The second-order valence-corrected chi connectivity index (χ2v) is 4.49. The Morgan fingerprint density at radius 1 is 1.43 bits per heavy atom. The van der Waals surface area contributed by atoms with E-state index in [2.05, 4.69) is 0 Å². The van der Waals surface area contributed by atoms with Crippen LogP contribution in [-0.4, -0.2) is 13.0 Å². The summed E-state index contributed by atoms with van der Waals surface area (Å²) < 4.78 is 30.7. The molecule has 0 saturated heterocycles. The van der Waals surface area contributed by atoms with Gasteiger partial charge in [-0.05, 0) is 30.5 Å². The summed E-state index contributed by atoms with van der Waals surface area (Å²) in [4.78, 5) is -0.208. The molecule has 0 fully saturated rings. The van der Waals surface area contributed by atoms with Crippen LogP contribution in [-0.2, 0) is 16.5 Å². The van der Waals surface area contributed by atoms with Crippen LogP contribution < -0.4 is 5.73 Å². The van der Waals surface area contributed by atoms with Crippen molar-refractivity contribution < 1.29 is 13.0 Å². The Kier molecular flexibility index (Phi) is 2.82. The lowest BCUT2D eigenvalue weighted by Gasteiger charge is -2.10. The zero-order valence-corrected chi connectivity index (χ0v) is 8.93. The van der Waals surface area contributed by atoms with Gasteiger partial charge in [0.2, 0.25) is 0 Å². The minimum Gasteiger partial charge on any atom is -0.397 e. The number of nitrogens with two attached hydrogens (primary N) is 1. The number of rotatable bonds is 2. The van der Waals surface area contributed by atoms with Gasteiger partial charge >= 0.3 is 0 Å². The van der Waals surface area contributed by atoms with Gasteiger partial charge in [-0.3, -0.25) is 4.55 Å². The summed E-state index contributed by atoms with van der Waals surface area (Å²) in [5.74, 6) is 0. The number of benzene rings is 1. The highest BCUT2D eigenvalue weighted by atomic mass is 32.2. The van der Waals surface area contributed by atoms with Gasteiger partial charge in [-0.25, -0.2) is 0 Å². The monoisotopic (exact) mass is 215 g/mol. The molecule has 0 aliphatic carbocycles. The molecule has 4 nitrogen and oxygen atoms in total. The summed E-state index contributed by atoms with van der Waals surface area (Å²) in [5, 5.41) is 0. The van der Waals surface area contributed by atoms with E-state index >= 15 is 0 Å². The Balaban J connectivity index is 3.52. The number of anilines is 1. The number of hydrogen-bond acceptors (Lipinski definition) is 3. The predicted octanol–water partition coefficient (Wildman–Crippen LogP) is 1.39. The Bertz CT molecular complexity index is 451. The van der Waals surface area contributed by atoms with Crippen LogP contribution in [0.1, 0.15) is 18.1 Å². The first-order valence-corrected chi connectivity index (χ1v) is 5.67. The Morgan fingerprint density at radius 2 is 2.00 bits per heavy atom. The normalized spacial score (nSPS) is 11.6. The lowest BCUT2D eigenvalue weighted by Crippen LogP contribution is -2.06. The predicted molar refractivity (Wildman–Crippen MR) is 54.8 cm³/mol. The van der Waals surface area contributed by atoms with Gasteiger partial charge in [-0.15, -0.1) is 0 Å². The van der Waals surface area contributed by atoms with Crippen LogP contribution in [0, 0.1) is 6.92 Å². The molecule has 0 aliphatic heterocycles. The van der Waals surface area contributed by atoms with Gasteiger partial charge in [0.05, 0.1) is 5.69 Å². The van der Waals surface area contributed by atoms with Gasteiger partial charge < -0.3 is 5.73 Å². The van der Waals surface area contributed by atoms with Crippen LogP contribution in [0.2, 0.25) is 0 Å². The fourth-order valence-corrected chi connectivity index (χ4v) is 2.09. The van der Waals surface area contributed by atoms with E-state index in [0.717, 1.165) is 11.1 Å². The second-order valence-electron chi connectivity index (χ2n) is 3.10. The van der Waals surface area contributed by atoms with Gasteiger partial charge in [0.1, 0.15) is 4.90 Å². The molecule has 5 heteroatoms. The van der Waals surface area contributed by atoms with E-state index < -0.39 is 10.1 Å². The topological polar surface area (TPSA) is 80.4 Å². The van der Waals surface area contributed by atoms with Gasteiger partial charge in [0.15, 0.2) is 0 Å². The summed E-state index contributed by atoms with van der Waals surface area (Å²) in [6.07, 6.45) is 0.640. The molecule has 0 heterocycles. The molecule has 78 valence electrons. The Hall–Kier alpha value is -1.07. The molecule has 0 saturated carbocycles. The summed E-state index contributed by atoms with van der Waals surface area (Å²) in [6.45, 7) is 3.73. The van der Waals surface area contributed by atoms with Crippen molar-refractivity contribution in [2.24, 2.45) is 0 Å². The zero-order valence-electron chi connectivity index (χ0n) is 8.11. The molecule has 0 unspecified atom stereocenters. The van der Waals surface area contributed by atoms with Gasteiger partial charge in [0, 0.05) is 0 Å². The van der Waals surface area contributed by atoms with E-state index in [0.29, 0.717) is 6.42 Å². The van der Waals surface area contributed by atoms with Crippen LogP contribution in [0.5, 0.6) is 0 Å². The van der Waals surface area contributed by atoms with Crippen LogP contribution in [0.15, 0.2) is 17.0 Å². The largest absolute Gasteiger partial charge is 0.397 e. The molecule has 0 atom stereocenters. The molecule has 0 bridgehead atoms. The maximum atomic E-state index is 10.9. The highest BCUT2D eigenvalue weighted by molar-refractivity contribution is 7.86. The molecule has 0 aromatic heterocycles. The molecule has 0 spiro atoms. The fourth-order valence-electron chi connectivity index (χ4n) is 1.45. The maximum absolute atomic E-state index is 10.9. The van der Waals surface area contributed by atoms with Crippen LogP contribution in [0.3, 0.4) is 0 Å². The van der Waals surface area contributed by atoms with E-state index in [-0.39, 0.29) is 10.6 Å². The van der Waals surface area contributed by atoms with Crippen molar-refractivity contribution >= 4 is 15.8 Å². The molecule has 14 heavy (non-hydrogen) atoms. The molecule has 0 radical (unpaired) electrons. The van der Waals surface area contributed by atoms with E-state index in [1.165, 1.54) is 6.07 Å². The first-order valence-electron chi connectivity index (χ1n) is 4.23. The minimum atomic E-state index is -4.21.